The van der Waals surface area contributed by atoms with Gasteiger partial charge in [-0.2, -0.15) is 4.39 Å². The molecule has 4 rings (SSSR count). The molecule has 3 aromatic rings. The molecule has 2 aromatic carbocycles. The average Bonchev–Trinajstić information content (AvgIpc) is 3.30. The Bertz CT molecular complexity index is 1370. The fourth-order valence-electron chi connectivity index (χ4n) is 4.75. The van der Waals surface area contributed by atoms with Crippen LogP contribution in [0.2, 0.25) is 5.02 Å². The molecule has 2 heterocycles. The smallest absolute Gasteiger partial charge is 0.291 e. The molecular formula is C28H32ClF2N5O3. The normalized spacial score (nSPS) is 14.1. The minimum atomic E-state index is -1.12. The molecule has 0 atom stereocenters. The summed E-state index contributed by atoms with van der Waals surface area (Å²) < 4.78 is 35.0. The maximum absolute atomic E-state index is 14.6. The quantitative estimate of drug-likeness (QED) is 0.416. The number of piperidine rings is 1. The highest BCUT2D eigenvalue weighted by molar-refractivity contribution is 6.34. The molecule has 0 aliphatic carbocycles. The zero-order chi connectivity index (χ0) is 28.3. The molecule has 0 spiro atoms. The van der Waals surface area contributed by atoms with E-state index in [4.69, 9.17) is 16.3 Å². The number of rotatable bonds is 8. The van der Waals surface area contributed by atoms with Gasteiger partial charge in [0, 0.05) is 31.4 Å². The summed E-state index contributed by atoms with van der Waals surface area (Å²) >= 11 is 6.45. The first-order valence-corrected chi connectivity index (χ1v) is 13.1. The lowest BCUT2D eigenvalue weighted by molar-refractivity contribution is 0.0683. The number of hydrogen-bond donors (Lipinski definition) is 1. The number of methoxy groups -OCH3 is 1. The summed E-state index contributed by atoms with van der Waals surface area (Å²) in [6.45, 7) is 2.41. The number of halogens is 3. The molecule has 8 nitrogen and oxygen atoms in total. The van der Waals surface area contributed by atoms with Crippen molar-refractivity contribution >= 4 is 29.1 Å². The van der Waals surface area contributed by atoms with Crippen molar-refractivity contribution in [2.45, 2.75) is 19.3 Å². The van der Waals surface area contributed by atoms with E-state index in [2.05, 4.69) is 29.3 Å². The van der Waals surface area contributed by atoms with Crippen LogP contribution in [0.3, 0.4) is 0 Å². The summed E-state index contributed by atoms with van der Waals surface area (Å²) in [6.07, 6.45) is 4.33. The first-order chi connectivity index (χ1) is 18.6. The van der Waals surface area contributed by atoms with E-state index in [9.17, 15) is 18.4 Å². The molecular weight excluding hydrogens is 528 g/mol. The minimum Gasteiger partial charge on any atom is -0.494 e. The van der Waals surface area contributed by atoms with E-state index in [0.29, 0.717) is 30.3 Å². The van der Waals surface area contributed by atoms with Crippen LogP contribution in [0.1, 0.15) is 40.2 Å². The maximum atomic E-state index is 14.6. The number of carbonyl (C=O) groups excluding carboxylic acids is 2. The summed E-state index contributed by atoms with van der Waals surface area (Å²) in [5.41, 5.74) is 0.895. The number of nitrogens with zero attached hydrogens (tertiary/aromatic N) is 4. The molecule has 39 heavy (non-hydrogen) atoms. The number of carbonyl (C=O) groups is 2. The molecule has 1 aromatic heterocycles. The number of ether oxygens (including phenoxy) is 1. The highest BCUT2D eigenvalue weighted by atomic mass is 35.5. The Hall–Kier alpha value is -3.50. The van der Waals surface area contributed by atoms with Gasteiger partial charge >= 0.3 is 0 Å². The molecule has 11 heteroatoms. The Balaban J connectivity index is 1.42. The van der Waals surface area contributed by atoms with Crippen LogP contribution < -0.4 is 10.1 Å². The van der Waals surface area contributed by atoms with Gasteiger partial charge in [0.15, 0.2) is 17.4 Å². The van der Waals surface area contributed by atoms with E-state index in [1.54, 1.807) is 12.1 Å². The second-order valence-electron chi connectivity index (χ2n) is 9.95. The van der Waals surface area contributed by atoms with Crippen molar-refractivity contribution in [3.05, 3.63) is 64.6 Å². The van der Waals surface area contributed by atoms with Gasteiger partial charge < -0.3 is 24.4 Å². The van der Waals surface area contributed by atoms with Crippen LogP contribution in [0.5, 0.6) is 5.75 Å². The lowest BCUT2D eigenvalue weighted by Crippen LogP contribution is -2.39. The SMILES string of the molecule is COc1ccc(-c2cnc(C(=O)Nc3ccc(C(=O)N4CCC(CCN(C)C)CC4)c(Cl)c3)n2C)c(F)c1F. The fraction of sp³-hybridized carbons (Fsp3) is 0.393. The molecule has 0 unspecified atom stereocenters. The van der Waals surface area contributed by atoms with E-state index >= 15 is 0 Å². The van der Waals surface area contributed by atoms with E-state index in [1.807, 2.05) is 4.90 Å². The van der Waals surface area contributed by atoms with Gasteiger partial charge in [-0.15, -0.1) is 0 Å². The highest BCUT2D eigenvalue weighted by Gasteiger charge is 2.26. The lowest BCUT2D eigenvalue weighted by Gasteiger charge is -2.32. The van der Waals surface area contributed by atoms with Crippen molar-refractivity contribution in [1.29, 1.82) is 0 Å². The van der Waals surface area contributed by atoms with Crippen LogP contribution in [0.4, 0.5) is 14.5 Å². The zero-order valence-corrected chi connectivity index (χ0v) is 23.2. The van der Waals surface area contributed by atoms with E-state index in [-0.39, 0.29) is 33.8 Å². The van der Waals surface area contributed by atoms with Gasteiger partial charge in [0.2, 0.25) is 5.82 Å². The number of imidazole rings is 1. The first kappa shape index (κ1) is 28.5. The van der Waals surface area contributed by atoms with E-state index < -0.39 is 17.5 Å². The van der Waals surface area contributed by atoms with Gasteiger partial charge in [0.1, 0.15) is 0 Å². The minimum absolute atomic E-state index is 0.0194. The predicted octanol–water partition coefficient (Wildman–Crippen LogP) is 5.08. The van der Waals surface area contributed by atoms with Crippen LogP contribution in [-0.4, -0.2) is 72.0 Å². The molecule has 2 amide bonds. The van der Waals surface area contributed by atoms with Crippen LogP contribution in [-0.2, 0) is 7.05 Å². The van der Waals surface area contributed by atoms with Gasteiger partial charge in [0.25, 0.3) is 11.8 Å². The van der Waals surface area contributed by atoms with Crippen LogP contribution in [0.25, 0.3) is 11.3 Å². The predicted molar refractivity (Wildman–Crippen MR) is 146 cm³/mol. The largest absolute Gasteiger partial charge is 0.494 e. The Kier molecular flexibility index (Phi) is 8.87. The van der Waals surface area contributed by atoms with Crippen molar-refractivity contribution in [2.24, 2.45) is 13.0 Å². The Labute approximate surface area is 231 Å². The molecule has 0 radical (unpaired) electrons. The van der Waals surface area contributed by atoms with Crippen molar-refractivity contribution in [3.63, 3.8) is 0 Å². The third-order valence-corrected chi connectivity index (χ3v) is 7.39. The standard InChI is InChI=1S/C28H32ClF2N5O3/c1-34(2)12-9-17-10-13-36(14-11-17)28(38)19-6-5-18(15-21(19)29)33-27(37)26-32-16-22(35(26)3)20-7-8-23(39-4)25(31)24(20)30/h5-8,15-17H,9-14H2,1-4H3,(H,33,37). The summed E-state index contributed by atoms with van der Waals surface area (Å²) in [4.78, 5) is 34.1. The third-order valence-electron chi connectivity index (χ3n) is 7.08. The summed E-state index contributed by atoms with van der Waals surface area (Å²) in [5.74, 6) is -2.57. The van der Waals surface area contributed by atoms with E-state index in [1.165, 1.54) is 43.1 Å². The second kappa shape index (κ2) is 12.1. The first-order valence-electron chi connectivity index (χ1n) is 12.7. The van der Waals surface area contributed by atoms with Gasteiger partial charge in [0.05, 0.1) is 29.6 Å². The molecule has 1 aliphatic heterocycles. The van der Waals surface area contributed by atoms with Crippen LogP contribution in [0.15, 0.2) is 36.5 Å². The number of nitrogens with one attached hydrogen (secondary N) is 1. The number of amides is 2. The Morgan fingerprint density at radius 3 is 2.51 bits per heavy atom. The van der Waals surface area contributed by atoms with Crippen LogP contribution in [0, 0.1) is 17.6 Å². The fourth-order valence-corrected chi connectivity index (χ4v) is 5.01. The van der Waals surface area contributed by atoms with Crippen molar-refractivity contribution in [1.82, 2.24) is 19.4 Å². The second-order valence-corrected chi connectivity index (χ2v) is 10.4. The summed E-state index contributed by atoms with van der Waals surface area (Å²) in [6, 6.07) is 7.37. The number of benzene rings is 2. The maximum Gasteiger partial charge on any atom is 0.291 e. The van der Waals surface area contributed by atoms with Crippen LogP contribution >= 0.6 is 11.6 Å². The van der Waals surface area contributed by atoms with Gasteiger partial charge in [-0.25, -0.2) is 9.37 Å². The van der Waals surface area contributed by atoms with Crippen molar-refractivity contribution < 1.29 is 23.1 Å². The average molecular weight is 560 g/mol. The lowest BCUT2D eigenvalue weighted by atomic mass is 9.93. The summed E-state index contributed by atoms with van der Waals surface area (Å²) in [5, 5.41) is 2.93. The monoisotopic (exact) mass is 559 g/mol. The number of likely N-dealkylation sites (tertiary alicyclic amines) is 1. The van der Waals surface area contributed by atoms with Crippen molar-refractivity contribution in [3.8, 4) is 17.0 Å². The van der Waals surface area contributed by atoms with Gasteiger partial charge in [-0.05, 0) is 76.2 Å². The summed E-state index contributed by atoms with van der Waals surface area (Å²) in [7, 11) is 6.89. The number of aromatic nitrogens is 2. The Morgan fingerprint density at radius 1 is 1.15 bits per heavy atom. The molecule has 1 N–H and O–H groups in total. The molecule has 1 fully saturated rings. The van der Waals surface area contributed by atoms with E-state index in [0.717, 1.165) is 25.8 Å². The highest BCUT2D eigenvalue weighted by Crippen LogP contribution is 2.30. The van der Waals surface area contributed by atoms with Gasteiger partial charge in [-0.1, -0.05) is 11.6 Å². The third kappa shape index (κ3) is 6.23. The Morgan fingerprint density at radius 2 is 1.87 bits per heavy atom. The number of anilines is 1. The van der Waals surface area contributed by atoms with Gasteiger partial charge in [-0.3, -0.25) is 9.59 Å². The molecule has 1 aliphatic rings. The zero-order valence-electron chi connectivity index (χ0n) is 22.4. The molecule has 0 bridgehead atoms. The molecule has 1 saturated heterocycles. The number of hydrogen-bond acceptors (Lipinski definition) is 5. The molecule has 0 saturated carbocycles. The topological polar surface area (TPSA) is 79.7 Å². The molecule has 208 valence electrons. The van der Waals surface area contributed by atoms with Crippen molar-refractivity contribution in [2.75, 3.05) is 46.2 Å².